The van der Waals surface area contributed by atoms with Gasteiger partial charge in [0.2, 0.25) is 0 Å². The molecule has 3 nitrogen and oxygen atoms in total. The lowest BCUT2D eigenvalue weighted by Gasteiger charge is -2.08. The Morgan fingerprint density at radius 1 is 1.14 bits per heavy atom. The summed E-state index contributed by atoms with van der Waals surface area (Å²) in [5, 5.41) is 0. The van der Waals surface area contributed by atoms with Crippen LogP contribution in [0.1, 0.15) is 0 Å². The molecule has 3 rings (SSSR count). The zero-order chi connectivity index (χ0) is 15.9. The van der Waals surface area contributed by atoms with Gasteiger partial charge in [-0.3, -0.25) is 0 Å². The van der Waals surface area contributed by atoms with E-state index in [2.05, 4.69) is 4.98 Å². The summed E-state index contributed by atoms with van der Waals surface area (Å²) in [6, 6.07) is 7.76. The predicted molar refractivity (Wildman–Crippen MR) is 81.8 cm³/mol. The molecule has 2 aromatic carbocycles. The van der Waals surface area contributed by atoms with Crippen molar-refractivity contribution in [1.29, 1.82) is 0 Å². The Hall–Kier alpha value is -2.41. The van der Waals surface area contributed by atoms with Crippen LogP contribution in [-0.2, 0) is 6.54 Å². The first-order chi connectivity index (χ1) is 10.5. The molecule has 0 atom stereocenters. The monoisotopic (exact) mass is 321 g/mol. The van der Waals surface area contributed by atoms with Crippen molar-refractivity contribution >= 4 is 28.2 Å². The summed E-state index contributed by atoms with van der Waals surface area (Å²) in [6.45, 7) is 0.0861. The van der Waals surface area contributed by atoms with Gasteiger partial charge in [0.25, 0.3) is 0 Å². The third kappa shape index (κ3) is 2.55. The van der Waals surface area contributed by atoms with Crippen LogP contribution in [0.4, 0.5) is 13.2 Å². The highest BCUT2D eigenvalue weighted by atomic mass is 32.1. The normalized spacial score (nSPS) is 11.0. The first kappa shape index (κ1) is 14.5. The number of nitrogens with two attached hydrogens (primary N) is 1. The van der Waals surface area contributed by atoms with Crippen molar-refractivity contribution in [2.45, 2.75) is 6.54 Å². The Morgan fingerprint density at radius 3 is 2.55 bits per heavy atom. The van der Waals surface area contributed by atoms with Crippen molar-refractivity contribution in [2.24, 2.45) is 5.73 Å². The molecule has 0 aliphatic carbocycles. The van der Waals surface area contributed by atoms with Crippen molar-refractivity contribution in [3.05, 3.63) is 53.8 Å². The van der Waals surface area contributed by atoms with Crippen LogP contribution in [0.25, 0.3) is 22.4 Å². The van der Waals surface area contributed by atoms with Gasteiger partial charge in [0.1, 0.15) is 11.6 Å². The Morgan fingerprint density at radius 2 is 1.86 bits per heavy atom. The molecule has 0 aliphatic heterocycles. The molecule has 0 spiro atoms. The minimum atomic E-state index is -1.00. The summed E-state index contributed by atoms with van der Waals surface area (Å²) >= 11 is 4.89. The number of aromatic nitrogens is 2. The van der Waals surface area contributed by atoms with Crippen molar-refractivity contribution in [3.8, 4) is 11.4 Å². The topological polar surface area (TPSA) is 43.8 Å². The van der Waals surface area contributed by atoms with E-state index in [0.29, 0.717) is 16.9 Å². The predicted octanol–water partition coefficient (Wildman–Crippen LogP) is 3.41. The number of hydrogen-bond acceptors (Lipinski definition) is 2. The molecule has 0 amide bonds. The molecule has 0 fully saturated rings. The molecule has 0 saturated heterocycles. The zero-order valence-corrected chi connectivity index (χ0v) is 12.0. The van der Waals surface area contributed by atoms with E-state index in [4.69, 9.17) is 18.0 Å². The number of thiocarbonyl (C=S) groups is 1. The minimum Gasteiger partial charge on any atom is -0.392 e. The minimum absolute atomic E-state index is 0.0861. The molecule has 0 unspecified atom stereocenters. The van der Waals surface area contributed by atoms with Gasteiger partial charge in [-0.1, -0.05) is 24.4 Å². The summed E-state index contributed by atoms with van der Waals surface area (Å²) < 4.78 is 41.8. The van der Waals surface area contributed by atoms with E-state index in [-0.39, 0.29) is 17.0 Å². The van der Waals surface area contributed by atoms with E-state index in [9.17, 15) is 13.2 Å². The Kier molecular flexibility index (Phi) is 3.58. The molecule has 7 heteroatoms. The maximum absolute atomic E-state index is 13.5. The Labute approximate surface area is 129 Å². The Bertz CT molecular complexity index is 889. The van der Waals surface area contributed by atoms with Crippen molar-refractivity contribution < 1.29 is 13.2 Å². The number of fused-ring (bicyclic) bond motifs is 1. The second kappa shape index (κ2) is 5.42. The van der Waals surface area contributed by atoms with E-state index in [1.165, 1.54) is 22.8 Å². The molecule has 3 aromatic rings. The molecule has 0 radical (unpaired) electrons. The molecule has 1 heterocycles. The summed E-state index contributed by atoms with van der Waals surface area (Å²) in [5.41, 5.74) is 6.61. The van der Waals surface area contributed by atoms with Gasteiger partial charge in [0.15, 0.2) is 11.6 Å². The van der Waals surface area contributed by atoms with Crippen molar-refractivity contribution in [3.63, 3.8) is 0 Å². The zero-order valence-electron chi connectivity index (χ0n) is 11.2. The van der Waals surface area contributed by atoms with Gasteiger partial charge < -0.3 is 10.3 Å². The highest BCUT2D eigenvalue weighted by Crippen LogP contribution is 2.27. The van der Waals surface area contributed by atoms with Gasteiger partial charge in [-0.2, -0.15) is 0 Å². The summed E-state index contributed by atoms with van der Waals surface area (Å²) in [7, 11) is 0. The van der Waals surface area contributed by atoms with E-state index < -0.39 is 17.5 Å². The fourth-order valence-corrected chi connectivity index (χ4v) is 2.41. The van der Waals surface area contributed by atoms with Crippen LogP contribution in [0.5, 0.6) is 0 Å². The summed E-state index contributed by atoms with van der Waals surface area (Å²) in [5.74, 6) is -2.10. The highest BCUT2D eigenvalue weighted by Gasteiger charge is 2.16. The van der Waals surface area contributed by atoms with Crippen LogP contribution < -0.4 is 5.73 Å². The maximum atomic E-state index is 13.5. The van der Waals surface area contributed by atoms with Crippen molar-refractivity contribution in [2.75, 3.05) is 0 Å². The first-order valence-corrected chi connectivity index (χ1v) is 6.76. The smallest absolute Gasteiger partial charge is 0.161 e. The van der Waals surface area contributed by atoms with Crippen LogP contribution in [0, 0.1) is 17.5 Å². The van der Waals surface area contributed by atoms with Gasteiger partial charge in [0, 0.05) is 17.7 Å². The second-order valence-corrected chi connectivity index (χ2v) is 5.28. The molecule has 112 valence electrons. The van der Waals surface area contributed by atoms with Crippen LogP contribution in [-0.4, -0.2) is 14.5 Å². The van der Waals surface area contributed by atoms with Crippen LogP contribution in [0.2, 0.25) is 0 Å². The van der Waals surface area contributed by atoms with E-state index >= 15 is 0 Å². The molecular weight excluding hydrogens is 311 g/mol. The third-order valence-corrected chi connectivity index (χ3v) is 3.32. The Balaban J connectivity index is 2.30. The molecule has 0 saturated carbocycles. The van der Waals surface area contributed by atoms with E-state index in [1.807, 2.05) is 0 Å². The molecule has 0 aliphatic rings. The maximum Gasteiger partial charge on any atom is 0.161 e. The average molecular weight is 321 g/mol. The highest BCUT2D eigenvalue weighted by molar-refractivity contribution is 7.80. The quantitative estimate of drug-likeness (QED) is 0.752. The van der Waals surface area contributed by atoms with Crippen LogP contribution in [0.15, 0.2) is 36.4 Å². The number of halogens is 3. The van der Waals surface area contributed by atoms with Gasteiger partial charge in [0.05, 0.1) is 22.6 Å². The largest absolute Gasteiger partial charge is 0.392 e. The van der Waals surface area contributed by atoms with Crippen molar-refractivity contribution in [1.82, 2.24) is 9.55 Å². The first-order valence-electron chi connectivity index (χ1n) is 6.35. The molecule has 0 bridgehead atoms. The lowest BCUT2D eigenvalue weighted by Crippen LogP contribution is -2.17. The number of nitrogens with zero attached hydrogens (tertiary/aromatic N) is 2. The number of rotatable bonds is 3. The van der Waals surface area contributed by atoms with Gasteiger partial charge in [-0.25, -0.2) is 18.2 Å². The van der Waals surface area contributed by atoms with E-state index in [0.717, 1.165) is 12.1 Å². The summed E-state index contributed by atoms with van der Waals surface area (Å²) in [4.78, 5) is 4.41. The average Bonchev–Trinajstić information content (AvgIpc) is 2.77. The van der Waals surface area contributed by atoms with Gasteiger partial charge in [-0.15, -0.1) is 0 Å². The number of imidazole rings is 1. The second-order valence-electron chi connectivity index (χ2n) is 4.75. The lowest BCUT2D eigenvalue weighted by atomic mass is 10.2. The molecule has 22 heavy (non-hydrogen) atoms. The third-order valence-electron chi connectivity index (χ3n) is 3.19. The standard InChI is InChI=1S/C15H10F3N3S/c16-9-3-1-2-8(4-9)15-20-12-5-10(17)11(18)6-13(12)21(15)7-14(19)22/h1-6H,7H2,(H2,19,22). The number of benzene rings is 2. The number of hydrogen-bond donors (Lipinski definition) is 1. The molecular formula is C15H10F3N3S. The van der Waals surface area contributed by atoms with Gasteiger partial charge >= 0.3 is 0 Å². The SMILES string of the molecule is NC(=S)Cn1c(-c2cccc(F)c2)nc2cc(F)c(F)cc21. The fourth-order valence-electron chi connectivity index (χ4n) is 2.28. The lowest BCUT2D eigenvalue weighted by molar-refractivity contribution is 0.510. The molecule has 1 aromatic heterocycles. The fraction of sp³-hybridized carbons (Fsp3) is 0.0667. The van der Waals surface area contributed by atoms with Crippen LogP contribution in [0.3, 0.4) is 0 Å². The van der Waals surface area contributed by atoms with Crippen LogP contribution >= 0.6 is 12.2 Å². The van der Waals surface area contributed by atoms with E-state index in [1.54, 1.807) is 6.07 Å². The molecule has 2 N–H and O–H groups in total. The summed E-state index contributed by atoms with van der Waals surface area (Å²) in [6.07, 6.45) is 0. The van der Waals surface area contributed by atoms with Gasteiger partial charge in [-0.05, 0) is 12.1 Å².